The molecule has 0 saturated heterocycles. The second-order valence-corrected chi connectivity index (χ2v) is 3.28. The van der Waals surface area contributed by atoms with Crippen LogP contribution in [0.3, 0.4) is 0 Å². The van der Waals surface area contributed by atoms with Gasteiger partial charge >= 0.3 is 5.97 Å². The minimum absolute atomic E-state index is 0.110. The molecule has 0 heterocycles. The van der Waals surface area contributed by atoms with Crippen LogP contribution >= 0.6 is 0 Å². The smallest absolute Gasteiger partial charge is 0.314 e. The highest BCUT2D eigenvalue weighted by atomic mass is 16.4. The van der Waals surface area contributed by atoms with Gasteiger partial charge in [0.2, 0.25) is 0 Å². The van der Waals surface area contributed by atoms with Crippen molar-refractivity contribution < 1.29 is 14.7 Å². The lowest BCUT2D eigenvalue weighted by Crippen LogP contribution is -2.28. The van der Waals surface area contributed by atoms with E-state index in [1.54, 1.807) is 13.8 Å². The lowest BCUT2D eigenvalue weighted by atomic mass is 9.90. The number of ketones is 1. The highest BCUT2D eigenvalue weighted by Gasteiger charge is 2.28. The van der Waals surface area contributed by atoms with E-state index in [1.165, 1.54) is 0 Å². The summed E-state index contributed by atoms with van der Waals surface area (Å²) in [5, 5.41) is 8.72. The number of carbonyl (C=O) groups is 2. The molecule has 0 bridgehead atoms. The highest BCUT2D eigenvalue weighted by molar-refractivity contribution is 5.98. The maximum absolute atomic E-state index is 11.2. The van der Waals surface area contributed by atoms with Crippen molar-refractivity contribution in [2.45, 2.75) is 33.6 Å². The Labute approximate surface area is 72.8 Å². The fourth-order valence-corrected chi connectivity index (χ4v) is 1.20. The van der Waals surface area contributed by atoms with Crippen LogP contribution in [0.1, 0.15) is 33.6 Å². The molecule has 0 amide bonds. The monoisotopic (exact) mass is 172 g/mol. The van der Waals surface area contributed by atoms with E-state index < -0.39 is 11.9 Å². The third-order valence-electron chi connectivity index (χ3n) is 1.78. The van der Waals surface area contributed by atoms with Crippen LogP contribution < -0.4 is 0 Å². The van der Waals surface area contributed by atoms with Crippen molar-refractivity contribution in [1.82, 2.24) is 0 Å². The standard InChI is InChI=1S/C9H16O3/c1-4-5-7(10)8(6(2)3)9(11)12/h6,8H,4-5H2,1-3H3,(H,11,12). The van der Waals surface area contributed by atoms with Crippen LogP contribution in [0.2, 0.25) is 0 Å². The van der Waals surface area contributed by atoms with Crippen molar-refractivity contribution in [2.24, 2.45) is 11.8 Å². The van der Waals surface area contributed by atoms with E-state index in [9.17, 15) is 9.59 Å². The molecule has 0 aliphatic carbocycles. The first kappa shape index (κ1) is 11.1. The van der Waals surface area contributed by atoms with Crippen molar-refractivity contribution in [3.05, 3.63) is 0 Å². The lowest BCUT2D eigenvalue weighted by molar-refractivity contribution is -0.148. The summed E-state index contributed by atoms with van der Waals surface area (Å²) < 4.78 is 0. The van der Waals surface area contributed by atoms with E-state index in [2.05, 4.69) is 0 Å². The van der Waals surface area contributed by atoms with E-state index >= 15 is 0 Å². The Morgan fingerprint density at radius 2 is 1.83 bits per heavy atom. The van der Waals surface area contributed by atoms with Crippen LogP contribution in [0.15, 0.2) is 0 Å². The number of rotatable bonds is 5. The van der Waals surface area contributed by atoms with Gasteiger partial charge in [0, 0.05) is 6.42 Å². The number of carboxylic acid groups (broad SMARTS) is 1. The molecule has 1 atom stereocenters. The van der Waals surface area contributed by atoms with Gasteiger partial charge in [-0.05, 0) is 12.3 Å². The number of Topliss-reactive ketones (excluding diaryl/α,β-unsaturated/α-hetero) is 1. The van der Waals surface area contributed by atoms with Crippen molar-refractivity contribution >= 4 is 11.8 Å². The van der Waals surface area contributed by atoms with Gasteiger partial charge in [-0.2, -0.15) is 0 Å². The molecule has 12 heavy (non-hydrogen) atoms. The molecule has 0 aliphatic heterocycles. The number of carboxylic acids is 1. The van der Waals surface area contributed by atoms with E-state index in [-0.39, 0.29) is 11.7 Å². The molecule has 0 rings (SSSR count). The maximum atomic E-state index is 11.2. The predicted molar refractivity (Wildman–Crippen MR) is 45.9 cm³/mol. The van der Waals surface area contributed by atoms with Gasteiger partial charge < -0.3 is 5.11 Å². The van der Waals surface area contributed by atoms with E-state index in [0.717, 1.165) is 6.42 Å². The Morgan fingerprint density at radius 1 is 1.33 bits per heavy atom. The Morgan fingerprint density at radius 3 is 2.08 bits per heavy atom. The van der Waals surface area contributed by atoms with Gasteiger partial charge in [0.15, 0.2) is 0 Å². The van der Waals surface area contributed by atoms with Crippen LogP contribution in [-0.2, 0) is 9.59 Å². The molecular weight excluding hydrogens is 156 g/mol. The molecule has 0 aromatic heterocycles. The molecule has 0 spiro atoms. The molecule has 1 N–H and O–H groups in total. The zero-order chi connectivity index (χ0) is 9.72. The molecule has 0 aliphatic rings. The Bertz CT molecular complexity index is 173. The molecular formula is C9H16O3. The topological polar surface area (TPSA) is 54.4 Å². The van der Waals surface area contributed by atoms with Gasteiger partial charge in [-0.3, -0.25) is 9.59 Å². The molecule has 70 valence electrons. The SMILES string of the molecule is CCCC(=O)C(C(=O)O)C(C)C. The fourth-order valence-electron chi connectivity index (χ4n) is 1.20. The summed E-state index contributed by atoms with van der Waals surface area (Å²) in [4.78, 5) is 21.9. The summed E-state index contributed by atoms with van der Waals surface area (Å²) in [5.74, 6) is -2.07. The van der Waals surface area contributed by atoms with Crippen molar-refractivity contribution in [3.63, 3.8) is 0 Å². The van der Waals surface area contributed by atoms with Gasteiger partial charge in [-0.1, -0.05) is 20.8 Å². The van der Waals surface area contributed by atoms with Gasteiger partial charge in [-0.25, -0.2) is 0 Å². The van der Waals surface area contributed by atoms with Crippen molar-refractivity contribution in [2.75, 3.05) is 0 Å². The van der Waals surface area contributed by atoms with Gasteiger partial charge in [-0.15, -0.1) is 0 Å². The fraction of sp³-hybridized carbons (Fsp3) is 0.778. The summed E-state index contributed by atoms with van der Waals surface area (Å²) in [6.07, 6.45) is 1.09. The molecule has 3 heteroatoms. The predicted octanol–water partition coefficient (Wildman–Crippen LogP) is 1.71. The summed E-state index contributed by atoms with van der Waals surface area (Å²) in [6, 6.07) is 0. The number of aliphatic carboxylic acids is 1. The van der Waals surface area contributed by atoms with Crippen LogP contribution in [0.25, 0.3) is 0 Å². The molecule has 0 aromatic rings. The molecule has 0 saturated carbocycles. The third kappa shape index (κ3) is 3.03. The lowest BCUT2D eigenvalue weighted by Gasteiger charge is -2.13. The second-order valence-electron chi connectivity index (χ2n) is 3.28. The third-order valence-corrected chi connectivity index (χ3v) is 1.78. The van der Waals surface area contributed by atoms with E-state index in [4.69, 9.17) is 5.11 Å². The average molecular weight is 172 g/mol. The summed E-state index contributed by atoms with van der Waals surface area (Å²) in [6.45, 7) is 5.38. The average Bonchev–Trinajstić information content (AvgIpc) is 1.85. The normalized spacial score (nSPS) is 13.0. The zero-order valence-electron chi connectivity index (χ0n) is 7.83. The molecule has 3 nitrogen and oxygen atoms in total. The molecule has 0 radical (unpaired) electrons. The summed E-state index contributed by atoms with van der Waals surface area (Å²) >= 11 is 0. The number of hydrogen-bond donors (Lipinski definition) is 1. The zero-order valence-corrected chi connectivity index (χ0v) is 7.83. The Balaban J connectivity index is 4.30. The Kier molecular flexibility index (Phi) is 4.55. The van der Waals surface area contributed by atoms with Crippen LogP contribution in [0.4, 0.5) is 0 Å². The first-order chi connectivity index (χ1) is 5.50. The molecule has 0 fully saturated rings. The first-order valence-corrected chi connectivity index (χ1v) is 4.26. The van der Waals surface area contributed by atoms with Crippen LogP contribution in [0.5, 0.6) is 0 Å². The van der Waals surface area contributed by atoms with Crippen LogP contribution in [-0.4, -0.2) is 16.9 Å². The van der Waals surface area contributed by atoms with Crippen molar-refractivity contribution in [1.29, 1.82) is 0 Å². The van der Waals surface area contributed by atoms with E-state index in [0.29, 0.717) is 6.42 Å². The minimum Gasteiger partial charge on any atom is -0.481 e. The first-order valence-electron chi connectivity index (χ1n) is 4.26. The largest absolute Gasteiger partial charge is 0.481 e. The van der Waals surface area contributed by atoms with Gasteiger partial charge in [0.25, 0.3) is 0 Å². The highest BCUT2D eigenvalue weighted by Crippen LogP contribution is 2.14. The molecule has 1 unspecified atom stereocenters. The number of carbonyl (C=O) groups excluding carboxylic acids is 1. The van der Waals surface area contributed by atoms with E-state index in [1.807, 2.05) is 6.92 Å². The minimum atomic E-state index is -0.997. The maximum Gasteiger partial charge on any atom is 0.314 e. The molecule has 0 aromatic carbocycles. The summed E-state index contributed by atoms with van der Waals surface area (Å²) in [5.41, 5.74) is 0. The number of hydrogen-bond acceptors (Lipinski definition) is 2. The van der Waals surface area contributed by atoms with Crippen molar-refractivity contribution in [3.8, 4) is 0 Å². The second kappa shape index (κ2) is 4.91. The van der Waals surface area contributed by atoms with Gasteiger partial charge in [0.05, 0.1) is 0 Å². The van der Waals surface area contributed by atoms with Gasteiger partial charge in [0.1, 0.15) is 11.7 Å². The Hall–Kier alpha value is -0.860. The van der Waals surface area contributed by atoms with Crippen LogP contribution in [0, 0.1) is 11.8 Å². The summed E-state index contributed by atoms with van der Waals surface area (Å²) in [7, 11) is 0. The quantitative estimate of drug-likeness (QED) is 0.642.